The molecule has 2 amide bonds. The van der Waals surface area contributed by atoms with Crippen molar-refractivity contribution in [2.45, 2.75) is 32.7 Å². The molecule has 0 bridgehead atoms. The molecular weight excluding hydrogens is 438 g/mol. The number of nitrogens with one attached hydrogen (secondary N) is 3. The molecule has 0 unspecified atom stereocenters. The minimum Gasteiger partial charge on any atom is -0.361 e. The second kappa shape index (κ2) is 8.01. The molecule has 1 aliphatic carbocycles. The molecule has 1 aliphatic heterocycles. The average molecular weight is 467 g/mol. The number of aryl methyl sites for hydroxylation is 2. The maximum Gasteiger partial charge on any atom is 0.273 e. The molecule has 34 heavy (non-hydrogen) atoms. The molecule has 0 radical (unpaired) electrons. The fraction of sp³-hybridized carbons (Fsp3) is 0.429. The highest BCUT2D eigenvalue weighted by Gasteiger charge is 2.35. The van der Waals surface area contributed by atoms with Gasteiger partial charge in [0, 0.05) is 37.2 Å². The van der Waals surface area contributed by atoms with Gasteiger partial charge in [-0.1, -0.05) is 0 Å². The summed E-state index contributed by atoms with van der Waals surface area (Å²) < 4.78 is 22.2. The van der Waals surface area contributed by atoms with Crippen molar-refractivity contribution in [2.24, 2.45) is 13.0 Å². The Hall–Kier alpha value is -4.16. The van der Waals surface area contributed by atoms with Gasteiger partial charge >= 0.3 is 0 Å². The first-order chi connectivity index (χ1) is 17.4. The number of carbonyl (C=O) groups is 2. The van der Waals surface area contributed by atoms with Crippen molar-refractivity contribution in [1.29, 1.82) is 0 Å². The summed E-state index contributed by atoms with van der Waals surface area (Å²) in [4.78, 5) is 37.6. The summed E-state index contributed by atoms with van der Waals surface area (Å²) in [6, 6.07) is 1.26. The lowest BCUT2D eigenvalue weighted by Gasteiger charge is -2.32. The number of carbonyl (C=O) groups excluding carboxylic acids is 2. The van der Waals surface area contributed by atoms with E-state index in [0.29, 0.717) is 28.7 Å². The van der Waals surface area contributed by atoms with Gasteiger partial charge in [0.25, 0.3) is 5.91 Å². The minimum atomic E-state index is -2.74. The molecule has 3 aromatic heterocycles. The SMILES string of the molecule is [2H]C([2H])([2H])NC(=O)c1nnc(NC(=O)C2CC2)cc1Nc1nc(C)nc2c1N(C)[C@@H](C)c1nn(C)nc1-2. The average Bonchev–Trinajstić information content (AvgIpc) is 3.57. The number of fused-ring (bicyclic) bond motifs is 3. The van der Waals surface area contributed by atoms with Crippen molar-refractivity contribution < 1.29 is 13.7 Å². The quantitative estimate of drug-likeness (QED) is 0.501. The van der Waals surface area contributed by atoms with Crippen molar-refractivity contribution in [3.8, 4) is 11.4 Å². The first-order valence-electron chi connectivity index (χ1n) is 12.2. The third-order valence-electron chi connectivity index (χ3n) is 5.86. The number of aromatic nitrogens is 7. The van der Waals surface area contributed by atoms with Gasteiger partial charge in [0.1, 0.15) is 28.6 Å². The lowest BCUT2D eigenvalue weighted by atomic mass is 10.0. The normalized spacial score (nSPS) is 18.2. The summed E-state index contributed by atoms with van der Waals surface area (Å²) in [6.45, 7) is 0.945. The highest BCUT2D eigenvalue weighted by molar-refractivity contribution is 6.00. The molecule has 0 saturated heterocycles. The maximum atomic E-state index is 12.8. The van der Waals surface area contributed by atoms with E-state index >= 15 is 0 Å². The molecule has 1 fully saturated rings. The van der Waals surface area contributed by atoms with Crippen LogP contribution in [0, 0.1) is 12.8 Å². The van der Waals surface area contributed by atoms with Gasteiger partial charge in [0.05, 0.1) is 11.7 Å². The van der Waals surface area contributed by atoms with Crippen LogP contribution in [0.1, 0.15) is 51.9 Å². The van der Waals surface area contributed by atoms with Crippen LogP contribution in [0.15, 0.2) is 6.07 Å². The van der Waals surface area contributed by atoms with Gasteiger partial charge in [-0.15, -0.1) is 10.2 Å². The zero-order valence-electron chi connectivity index (χ0n) is 22.0. The Balaban J connectivity index is 1.60. The minimum absolute atomic E-state index is 0.0791. The predicted molar refractivity (Wildman–Crippen MR) is 124 cm³/mol. The Labute approximate surface area is 199 Å². The molecule has 3 aromatic rings. The second-order valence-electron chi connectivity index (χ2n) is 8.36. The van der Waals surface area contributed by atoms with Crippen LogP contribution in [-0.4, -0.2) is 61.0 Å². The lowest BCUT2D eigenvalue weighted by Crippen LogP contribution is -2.29. The molecule has 3 N–H and O–H groups in total. The van der Waals surface area contributed by atoms with Gasteiger partial charge in [0.2, 0.25) is 5.91 Å². The zero-order valence-corrected chi connectivity index (χ0v) is 19.0. The third kappa shape index (κ3) is 3.68. The number of anilines is 4. The second-order valence-corrected chi connectivity index (χ2v) is 8.36. The lowest BCUT2D eigenvalue weighted by molar-refractivity contribution is -0.117. The number of amides is 2. The van der Waals surface area contributed by atoms with Crippen LogP contribution in [0.3, 0.4) is 0 Å². The van der Waals surface area contributed by atoms with Gasteiger partial charge in [-0.25, -0.2) is 9.97 Å². The molecule has 176 valence electrons. The Morgan fingerprint density at radius 2 is 1.94 bits per heavy atom. The number of hydrogen-bond donors (Lipinski definition) is 3. The fourth-order valence-corrected chi connectivity index (χ4v) is 3.88. The molecule has 4 heterocycles. The molecule has 5 rings (SSSR count). The Morgan fingerprint density at radius 3 is 2.68 bits per heavy atom. The molecule has 0 spiro atoms. The highest BCUT2D eigenvalue weighted by Crippen LogP contribution is 2.45. The first-order valence-corrected chi connectivity index (χ1v) is 10.7. The van der Waals surface area contributed by atoms with Crippen molar-refractivity contribution in [3.63, 3.8) is 0 Å². The molecule has 0 aromatic carbocycles. The van der Waals surface area contributed by atoms with Crippen molar-refractivity contribution >= 4 is 34.8 Å². The van der Waals surface area contributed by atoms with Crippen LogP contribution in [0.25, 0.3) is 11.4 Å². The topological polar surface area (TPSA) is 156 Å². The summed E-state index contributed by atoms with van der Waals surface area (Å²) >= 11 is 0. The number of rotatable bonds is 5. The van der Waals surface area contributed by atoms with Crippen LogP contribution in [0.5, 0.6) is 0 Å². The first kappa shape index (κ1) is 18.3. The Morgan fingerprint density at radius 1 is 1.15 bits per heavy atom. The van der Waals surface area contributed by atoms with Gasteiger partial charge in [-0.3, -0.25) is 9.59 Å². The molecule has 1 atom stereocenters. The van der Waals surface area contributed by atoms with Gasteiger partial charge in [-0.05, 0) is 26.7 Å². The summed E-state index contributed by atoms with van der Waals surface area (Å²) in [5, 5.41) is 24.5. The van der Waals surface area contributed by atoms with Crippen molar-refractivity contribution in [1.82, 2.24) is 40.5 Å². The summed E-state index contributed by atoms with van der Waals surface area (Å²) in [6.07, 6.45) is 1.59. The molecule has 1 saturated carbocycles. The zero-order chi connectivity index (χ0) is 26.6. The fourth-order valence-electron chi connectivity index (χ4n) is 3.88. The smallest absolute Gasteiger partial charge is 0.273 e. The third-order valence-corrected chi connectivity index (χ3v) is 5.86. The molecular formula is C21H25N11O2. The summed E-state index contributed by atoms with van der Waals surface area (Å²) in [5.74, 6) is -0.360. The van der Waals surface area contributed by atoms with Crippen LogP contribution >= 0.6 is 0 Å². The molecule has 13 nitrogen and oxygen atoms in total. The van der Waals surface area contributed by atoms with Crippen LogP contribution < -0.4 is 20.9 Å². The largest absolute Gasteiger partial charge is 0.361 e. The summed E-state index contributed by atoms with van der Waals surface area (Å²) in [5.41, 5.74) is 2.36. The van der Waals surface area contributed by atoms with E-state index < -0.39 is 12.9 Å². The van der Waals surface area contributed by atoms with E-state index in [9.17, 15) is 9.59 Å². The predicted octanol–water partition coefficient (Wildman–Crippen LogP) is 1.33. The van der Waals surface area contributed by atoms with E-state index in [4.69, 9.17) is 4.11 Å². The van der Waals surface area contributed by atoms with E-state index in [1.165, 1.54) is 10.9 Å². The summed E-state index contributed by atoms with van der Waals surface area (Å²) in [7, 11) is 3.59. The van der Waals surface area contributed by atoms with E-state index in [2.05, 4.69) is 41.0 Å². The van der Waals surface area contributed by atoms with Gasteiger partial charge < -0.3 is 20.9 Å². The van der Waals surface area contributed by atoms with E-state index in [1.54, 1.807) is 14.0 Å². The van der Waals surface area contributed by atoms with E-state index in [-0.39, 0.29) is 35.1 Å². The van der Waals surface area contributed by atoms with Crippen molar-refractivity contribution in [3.05, 3.63) is 23.3 Å². The Bertz CT molecular complexity index is 1420. The van der Waals surface area contributed by atoms with E-state index in [1.807, 2.05) is 24.2 Å². The molecule has 13 heteroatoms. The van der Waals surface area contributed by atoms with Gasteiger partial charge in [-0.2, -0.15) is 15.0 Å². The van der Waals surface area contributed by atoms with Crippen LogP contribution in [0.2, 0.25) is 0 Å². The monoisotopic (exact) mass is 466 g/mol. The van der Waals surface area contributed by atoms with Crippen LogP contribution in [0.4, 0.5) is 23.0 Å². The highest BCUT2D eigenvalue weighted by atomic mass is 16.2. The number of hydrogen-bond acceptors (Lipinski definition) is 10. The standard InChI is InChI=1S/C21H25N11O2/c1-9-14-16(30-32(5)29-14)17-18(31(9)4)19(24-10(2)23-17)25-12-8-13(26-20(33)11-6-7-11)27-28-15(12)21(34)22-3/h8-9,11H,6-7H2,1-5H3,(H,22,34)(H2,23,24,25,26,27,33)/t9-/m0/s1/i3D3. The van der Waals surface area contributed by atoms with E-state index in [0.717, 1.165) is 18.5 Å². The Kier molecular flexibility index (Phi) is 4.31. The maximum absolute atomic E-state index is 12.8. The number of nitrogens with zero attached hydrogens (tertiary/aromatic N) is 8. The molecule has 2 aliphatic rings. The van der Waals surface area contributed by atoms with Crippen molar-refractivity contribution in [2.75, 3.05) is 29.6 Å². The van der Waals surface area contributed by atoms with Crippen LogP contribution in [-0.2, 0) is 11.8 Å². The van der Waals surface area contributed by atoms with Gasteiger partial charge in [0.15, 0.2) is 17.3 Å².